The number of carbonyl (C=O) groups is 1. The number of nitrogens with one attached hydrogen (secondary N) is 1. The molecule has 0 spiro atoms. The van der Waals surface area contributed by atoms with Crippen LogP contribution in [0.3, 0.4) is 0 Å². The fraction of sp³-hybridized carbons (Fsp3) is 0.500. The molecule has 0 aliphatic heterocycles. The highest BCUT2D eigenvalue weighted by Crippen LogP contribution is 2.14. The van der Waals surface area contributed by atoms with Gasteiger partial charge in [0.2, 0.25) is 0 Å². The summed E-state index contributed by atoms with van der Waals surface area (Å²) in [6, 6.07) is 3.62. The SMILES string of the molecule is CCC(NC(=O)N(C)Cc1ccnc(C)c1)c1ncnn1CC. The summed E-state index contributed by atoms with van der Waals surface area (Å²) in [7, 11) is 1.78. The van der Waals surface area contributed by atoms with E-state index in [9.17, 15) is 4.79 Å². The molecular formula is C16H24N6O. The number of urea groups is 1. The van der Waals surface area contributed by atoms with Gasteiger partial charge in [0, 0.05) is 32.0 Å². The highest BCUT2D eigenvalue weighted by Gasteiger charge is 2.20. The Morgan fingerprint density at radius 2 is 2.17 bits per heavy atom. The average molecular weight is 316 g/mol. The van der Waals surface area contributed by atoms with Crippen LogP contribution in [0.1, 0.15) is 43.4 Å². The summed E-state index contributed by atoms with van der Waals surface area (Å²) in [6.07, 6.45) is 4.04. The molecule has 1 N–H and O–H groups in total. The maximum atomic E-state index is 12.4. The Hall–Kier alpha value is -2.44. The number of rotatable bonds is 6. The summed E-state index contributed by atoms with van der Waals surface area (Å²) in [5.41, 5.74) is 2.00. The van der Waals surface area contributed by atoms with Crippen molar-refractivity contribution >= 4 is 6.03 Å². The summed E-state index contributed by atoms with van der Waals surface area (Å²) in [4.78, 5) is 22.5. The van der Waals surface area contributed by atoms with Gasteiger partial charge < -0.3 is 10.2 Å². The first-order valence-electron chi connectivity index (χ1n) is 7.86. The minimum Gasteiger partial charge on any atom is -0.328 e. The zero-order chi connectivity index (χ0) is 16.8. The van der Waals surface area contributed by atoms with Crippen LogP contribution in [-0.2, 0) is 13.1 Å². The highest BCUT2D eigenvalue weighted by molar-refractivity contribution is 5.74. The maximum Gasteiger partial charge on any atom is 0.318 e. The highest BCUT2D eigenvalue weighted by atomic mass is 16.2. The lowest BCUT2D eigenvalue weighted by molar-refractivity contribution is 0.201. The number of hydrogen-bond acceptors (Lipinski definition) is 4. The Bertz CT molecular complexity index is 654. The van der Waals surface area contributed by atoms with Gasteiger partial charge in [-0.15, -0.1) is 0 Å². The van der Waals surface area contributed by atoms with Crippen molar-refractivity contribution in [3.63, 3.8) is 0 Å². The normalized spacial score (nSPS) is 12.0. The molecule has 7 heteroatoms. The number of amides is 2. The van der Waals surface area contributed by atoms with Crippen LogP contribution in [0, 0.1) is 6.92 Å². The predicted molar refractivity (Wildman–Crippen MR) is 87.7 cm³/mol. The van der Waals surface area contributed by atoms with Crippen LogP contribution in [-0.4, -0.2) is 37.7 Å². The van der Waals surface area contributed by atoms with Gasteiger partial charge in [-0.3, -0.25) is 4.98 Å². The molecule has 124 valence electrons. The molecular weight excluding hydrogens is 292 g/mol. The van der Waals surface area contributed by atoms with Gasteiger partial charge in [0.15, 0.2) is 0 Å². The lowest BCUT2D eigenvalue weighted by Crippen LogP contribution is -2.39. The first kappa shape index (κ1) is 16.9. The van der Waals surface area contributed by atoms with Crippen LogP contribution >= 0.6 is 0 Å². The molecule has 0 saturated heterocycles. The van der Waals surface area contributed by atoms with Crippen molar-refractivity contribution in [2.45, 2.75) is 46.3 Å². The van der Waals surface area contributed by atoms with E-state index in [0.29, 0.717) is 6.54 Å². The standard InChI is InChI=1S/C16H24N6O/c1-5-14(15-18-11-19-22(15)6-2)20-16(23)21(4)10-13-7-8-17-12(3)9-13/h7-9,11,14H,5-6,10H2,1-4H3,(H,20,23). The first-order valence-corrected chi connectivity index (χ1v) is 7.86. The van der Waals surface area contributed by atoms with E-state index in [1.54, 1.807) is 22.8 Å². The van der Waals surface area contributed by atoms with Gasteiger partial charge in [0.05, 0.1) is 6.04 Å². The molecule has 23 heavy (non-hydrogen) atoms. The Morgan fingerprint density at radius 1 is 1.39 bits per heavy atom. The molecule has 0 aromatic carbocycles. The van der Waals surface area contributed by atoms with Crippen LogP contribution in [0.4, 0.5) is 4.79 Å². The molecule has 2 rings (SSSR count). The van der Waals surface area contributed by atoms with Crippen LogP contribution in [0.5, 0.6) is 0 Å². The second-order valence-electron chi connectivity index (χ2n) is 5.51. The summed E-state index contributed by atoms with van der Waals surface area (Å²) >= 11 is 0. The second-order valence-corrected chi connectivity index (χ2v) is 5.51. The van der Waals surface area contributed by atoms with Crippen LogP contribution in [0.2, 0.25) is 0 Å². The molecule has 2 heterocycles. The third-order valence-corrected chi connectivity index (χ3v) is 3.69. The van der Waals surface area contributed by atoms with Crippen molar-refractivity contribution in [3.05, 3.63) is 41.7 Å². The van der Waals surface area contributed by atoms with E-state index in [0.717, 1.165) is 30.0 Å². The maximum absolute atomic E-state index is 12.4. The number of carbonyl (C=O) groups excluding carboxylic acids is 1. The Labute approximate surface area is 136 Å². The topological polar surface area (TPSA) is 75.9 Å². The van der Waals surface area contributed by atoms with Crippen molar-refractivity contribution in [1.82, 2.24) is 30.0 Å². The Kier molecular flexibility index (Phi) is 5.67. The zero-order valence-electron chi connectivity index (χ0n) is 14.2. The van der Waals surface area contributed by atoms with Gasteiger partial charge in [-0.2, -0.15) is 5.10 Å². The van der Waals surface area contributed by atoms with Gasteiger partial charge in [-0.1, -0.05) is 6.92 Å². The monoisotopic (exact) mass is 316 g/mol. The number of aryl methyl sites for hydroxylation is 2. The van der Waals surface area contributed by atoms with Gasteiger partial charge in [-0.25, -0.2) is 14.5 Å². The largest absolute Gasteiger partial charge is 0.328 e. The molecule has 0 aliphatic carbocycles. The van der Waals surface area contributed by atoms with Crippen molar-refractivity contribution in [2.75, 3.05) is 7.05 Å². The van der Waals surface area contributed by atoms with Crippen molar-refractivity contribution in [2.24, 2.45) is 0 Å². The molecule has 0 bridgehead atoms. The van der Waals surface area contributed by atoms with Crippen LogP contribution in [0.15, 0.2) is 24.7 Å². The molecule has 0 saturated carbocycles. The first-order chi connectivity index (χ1) is 11.0. The Balaban J connectivity index is 2.01. The van der Waals surface area contributed by atoms with Gasteiger partial charge >= 0.3 is 6.03 Å². The molecule has 1 atom stereocenters. The van der Waals surface area contributed by atoms with E-state index >= 15 is 0 Å². The average Bonchev–Trinajstić information content (AvgIpc) is 3.00. The molecule has 1 unspecified atom stereocenters. The molecule has 2 aromatic heterocycles. The summed E-state index contributed by atoms with van der Waals surface area (Å²) < 4.78 is 1.81. The summed E-state index contributed by atoms with van der Waals surface area (Å²) in [6.45, 7) is 7.23. The number of hydrogen-bond donors (Lipinski definition) is 1. The fourth-order valence-corrected chi connectivity index (χ4v) is 2.44. The van der Waals surface area contributed by atoms with E-state index in [-0.39, 0.29) is 12.1 Å². The summed E-state index contributed by atoms with van der Waals surface area (Å²) in [5.74, 6) is 0.788. The van der Waals surface area contributed by atoms with E-state index < -0.39 is 0 Å². The third kappa shape index (κ3) is 4.28. The van der Waals surface area contributed by atoms with Crippen molar-refractivity contribution in [3.8, 4) is 0 Å². The van der Waals surface area contributed by atoms with Crippen LogP contribution in [0.25, 0.3) is 0 Å². The molecule has 7 nitrogen and oxygen atoms in total. The molecule has 2 aromatic rings. The third-order valence-electron chi connectivity index (χ3n) is 3.69. The summed E-state index contributed by atoms with van der Waals surface area (Å²) in [5, 5.41) is 7.19. The fourth-order valence-electron chi connectivity index (χ4n) is 2.44. The zero-order valence-corrected chi connectivity index (χ0v) is 14.2. The van der Waals surface area contributed by atoms with E-state index in [2.05, 4.69) is 20.4 Å². The van der Waals surface area contributed by atoms with Crippen molar-refractivity contribution in [1.29, 1.82) is 0 Å². The quantitative estimate of drug-likeness (QED) is 0.887. The molecule has 0 aliphatic rings. The minimum atomic E-state index is -0.147. The van der Waals surface area contributed by atoms with Crippen molar-refractivity contribution < 1.29 is 4.79 Å². The minimum absolute atomic E-state index is 0.128. The van der Waals surface area contributed by atoms with Crippen LogP contribution < -0.4 is 5.32 Å². The molecule has 0 radical (unpaired) electrons. The Morgan fingerprint density at radius 3 is 2.83 bits per heavy atom. The van der Waals surface area contributed by atoms with Gasteiger partial charge in [-0.05, 0) is 38.0 Å². The number of pyridine rings is 1. The molecule has 2 amide bonds. The second kappa shape index (κ2) is 7.71. The smallest absolute Gasteiger partial charge is 0.318 e. The van der Waals surface area contributed by atoms with E-state index in [1.807, 2.05) is 32.9 Å². The number of aromatic nitrogens is 4. The number of nitrogens with zero attached hydrogens (tertiary/aromatic N) is 5. The van der Waals surface area contributed by atoms with E-state index in [4.69, 9.17) is 0 Å². The van der Waals surface area contributed by atoms with E-state index in [1.165, 1.54) is 6.33 Å². The lowest BCUT2D eigenvalue weighted by atomic mass is 10.2. The van der Waals surface area contributed by atoms with Gasteiger partial charge in [0.1, 0.15) is 12.2 Å². The lowest BCUT2D eigenvalue weighted by Gasteiger charge is -2.22. The van der Waals surface area contributed by atoms with Gasteiger partial charge in [0.25, 0.3) is 0 Å². The predicted octanol–water partition coefficient (Wildman–Crippen LogP) is 2.29. The molecule has 0 fully saturated rings.